The first-order chi connectivity index (χ1) is 9.58. The largest absolute Gasteiger partial charge is 0.489 e. The molecule has 0 aliphatic rings. The Morgan fingerprint density at radius 3 is 2.45 bits per heavy atom. The van der Waals surface area contributed by atoms with Gasteiger partial charge in [-0.1, -0.05) is 36.4 Å². The van der Waals surface area contributed by atoms with Crippen molar-refractivity contribution in [2.75, 3.05) is 0 Å². The summed E-state index contributed by atoms with van der Waals surface area (Å²) in [4.78, 5) is 11.5. The molecule has 0 heterocycles. The van der Waals surface area contributed by atoms with Crippen LogP contribution < -0.4 is 10.2 Å². The molecule has 2 N–H and O–H groups in total. The molecule has 20 heavy (non-hydrogen) atoms. The molecule has 0 saturated heterocycles. The van der Waals surface area contributed by atoms with Gasteiger partial charge in [0.2, 0.25) is 0 Å². The molecule has 0 aromatic heterocycles. The van der Waals surface area contributed by atoms with Gasteiger partial charge in [0.1, 0.15) is 12.4 Å². The monoisotopic (exact) mass is 270 g/mol. The molecule has 0 aliphatic carbocycles. The van der Waals surface area contributed by atoms with Gasteiger partial charge < -0.3 is 14.8 Å². The van der Waals surface area contributed by atoms with Gasteiger partial charge in [-0.2, -0.15) is 0 Å². The highest BCUT2D eigenvalue weighted by Crippen LogP contribution is 2.15. The molecule has 0 aliphatic heterocycles. The standard InChI is InChI=1S/C15H15BO4/c1-11(17)14-9-13(7-8-15(14)16(18)19)20-10-12-5-3-2-4-6-12/h2-9,18-19H,10H2,1H3. The van der Waals surface area contributed by atoms with Crippen molar-refractivity contribution in [2.24, 2.45) is 0 Å². The van der Waals surface area contributed by atoms with E-state index in [1.165, 1.54) is 19.1 Å². The predicted molar refractivity (Wildman–Crippen MR) is 77.0 cm³/mol. The quantitative estimate of drug-likeness (QED) is 0.631. The summed E-state index contributed by atoms with van der Waals surface area (Å²) in [6.45, 7) is 1.77. The van der Waals surface area contributed by atoms with E-state index in [4.69, 9.17) is 4.74 Å². The van der Waals surface area contributed by atoms with E-state index in [1.807, 2.05) is 30.3 Å². The fourth-order valence-electron chi connectivity index (χ4n) is 1.90. The summed E-state index contributed by atoms with van der Waals surface area (Å²) in [6, 6.07) is 14.3. The lowest BCUT2D eigenvalue weighted by Gasteiger charge is -2.10. The van der Waals surface area contributed by atoms with E-state index in [9.17, 15) is 14.8 Å². The zero-order valence-electron chi connectivity index (χ0n) is 11.1. The summed E-state index contributed by atoms with van der Waals surface area (Å²) >= 11 is 0. The lowest BCUT2D eigenvalue weighted by molar-refractivity contribution is 0.101. The minimum atomic E-state index is -1.67. The molecule has 0 bridgehead atoms. The first-order valence-corrected chi connectivity index (χ1v) is 6.25. The van der Waals surface area contributed by atoms with Crippen molar-refractivity contribution in [3.05, 3.63) is 59.7 Å². The van der Waals surface area contributed by atoms with Crippen molar-refractivity contribution in [1.82, 2.24) is 0 Å². The molecular weight excluding hydrogens is 255 g/mol. The maximum absolute atomic E-state index is 11.5. The van der Waals surface area contributed by atoms with E-state index in [1.54, 1.807) is 6.07 Å². The van der Waals surface area contributed by atoms with Crippen LogP contribution in [0.25, 0.3) is 0 Å². The Bertz CT molecular complexity index is 596. The number of hydrogen-bond donors (Lipinski definition) is 2. The number of Topliss-reactive ketones (excluding diaryl/α,β-unsaturated/α-hetero) is 1. The van der Waals surface area contributed by atoms with Crippen LogP contribution in [-0.4, -0.2) is 22.9 Å². The Morgan fingerprint density at radius 1 is 1.15 bits per heavy atom. The second-order valence-corrected chi connectivity index (χ2v) is 4.45. The van der Waals surface area contributed by atoms with E-state index in [0.29, 0.717) is 12.4 Å². The molecule has 5 heteroatoms. The van der Waals surface area contributed by atoms with Gasteiger partial charge in [-0.05, 0) is 30.1 Å². The van der Waals surface area contributed by atoms with Gasteiger partial charge in [0.05, 0.1) is 0 Å². The van der Waals surface area contributed by atoms with Crippen molar-refractivity contribution in [3.8, 4) is 5.75 Å². The van der Waals surface area contributed by atoms with Crippen molar-refractivity contribution in [3.63, 3.8) is 0 Å². The maximum Gasteiger partial charge on any atom is 0.489 e. The third-order valence-corrected chi connectivity index (χ3v) is 2.93. The Labute approximate surface area is 117 Å². The third kappa shape index (κ3) is 3.47. The van der Waals surface area contributed by atoms with Crippen LogP contribution in [0.2, 0.25) is 0 Å². The van der Waals surface area contributed by atoms with E-state index in [2.05, 4.69) is 0 Å². The predicted octanol–water partition coefficient (Wildman–Crippen LogP) is 1.15. The first-order valence-electron chi connectivity index (χ1n) is 6.25. The molecule has 0 spiro atoms. The summed E-state index contributed by atoms with van der Waals surface area (Å²) in [7, 11) is -1.67. The third-order valence-electron chi connectivity index (χ3n) is 2.93. The summed E-state index contributed by atoms with van der Waals surface area (Å²) in [6.07, 6.45) is 0. The van der Waals surface area contributed by atoms with E-state index in [-0.39, 0.29) is 16.8 Å². The second kappa shape index (κ2) is 6.37. The Morgan fingerprint density at radius 2 is 1.85 bits per heavy atom. The molecule has 0 radical (unpaired) electrons. The fourth-order valence-corrected chi connectivity index (χ4v) is 1.90. The Kier molecular flexibility index (Phi) is 4.55. The SMILES string of the molecule is CC(=O)c1cc(OCc2ccccc2)ccc1B(O)O. The highest BCUT2D eigenvalue weighted by Gasteiger charge is 2.19. The van der Waals surface area contributed by atoms with Crippen LogP contribution in [0.15, 0.2) is 48.5 Å². The highest BCUT2D eigenvalue weighted by molar-refractivity contribution is 6.60. The minimum absolute atomic E-state index is 0.185. The summed E-state index contributed by atoms with van der Waals surface area (Å²) < 4.78 is 5.60. The zero-order valence-corrected chi connectivity index (χ0v) is 11.1. The van der Waals surface area contributed by atoms with Crippen LogP contribution in [-0.2, 0) is 6.61 Å². The zero-order chi connectivity index (χ0) is 14.5. The Balaban J connectivity index is 2.17. The second-order valence-electron chi connectivity index (χ2n) is 4.45. The van der Waals surface area contributed by atoms with Crippen LogP contribution in [0.1, 0.15) is 22.8 Å². The van der Waals surface area contributed by atoms with Gasteiger partial charge in [-0.3, -0.25) is 4.79 Å². The van der Waals surface area contributed by atoms with Crippen molar-refractivity contribution in [2.45, 2.75) is 13.5 Å². The van der Waals surface area contributed by atoms with E-state index >= 15 is 0 Å². The lowest BCUT2D eigenvalue weighted by atomic mass is 9.76. The Hall–Kier alpha value is -2.11. The number of hydrogen-bond acceptors (Lipinski definition) is 4. The average molecular weight is 270 g/mol. The van der Waals surface area contributed by atoms with Gasteiger partial charge in [-0.25, -0.2) is 0 Å². The van der Waals surface area contributed by atoms with Gasteiger partial charge in [0.25, 0.3) is 0 Å². The molecule has 0 saturated carbocycles. The smallest absolute Gasteiger partial charge is 0.489 e. The first kappa shape index (κ1) is 14.3. The molecule has 0 unspecified atom stereocenters. The molecule has 0 fully saturated rings. The number of carbonyl (C=O) groups is 1. The van der Waals surface area contributed by atoms with Crippen LogP contribution in [0, 0.1) is 0 Å². The fraction of sp³-hybridized carbons (Fsp3) is 0.133. The van der Waals surface area contributed by atoms with E-state index < -0.39 is 7.12 Å². The van der Waals surface area contributed by atoms with Gasteiger partial charge in [0, 0.05) is 5.56 Å². The molecule has 2 aromatic carbocycles. The summed E-state index contributed by atoms with van der Waals surface area (Å²) in [5.74, 6) is 0.279. The van der Waals surface area contributed by atoms with Crippen LogP contribution in [0.3, 0.4) is 0 Å². The van der Waals surface area contributed by atoms with Gasteiger partial charge in [-0.15, -0.1) is 0 Å². The van der Waals surface area contributed by atoms with Crippen LogP contribution in [0.5, 0.6) is 5.75 Å². The lowest BCUT2D eigenvalue weighted by Crippen LogP contribution is -2.34. The molecule has 0 atom stereocenters. The summed E-state index contributed by atoms with van der Waals surface area (Å²) in [5, 5.41) is 18.4. The number of ether oxygens (including phenoxy) is 1. The van der Waals surface area contributed by atoms with Crippen molar-refractivity contribution >= 4 is 18.4 Å². The number of rotatable bonds is 5. The normalized spacial score (nSPS) is 10.2. The van der Waals surface area contributed by atoms with Crippen LogP contribution >= 0.6 is 0 Å². The maximum atomic E-state index is 11.5. The van der Waals surface area contributed by atoms with Crippen LogP contribution in [0.4, 0.5) is 0 Å². The molecule has 0 amide bonds. The summed E-state index contributed by atoms with van der Waals surface area (Å²) in [5.41, 5.74) is 1.46. The number of carbonyl (C=O) groups excluding carboxylic acids is 1. The number of ketones is 1. The van der Waals surface area contributed by atoms with Gasteiger partial charge in [0.15, 0.2) is 5.78 Å². The molecule has 4 nitrogen and oxygen atoms in total. The van der Waals surface area contributed by atoms with Gasteiger partial charge >= 0.3 is 7.12 Å². The molecular formula is C15H15BO4. The highest BCUT2D eigenvalue weighted by atomic mass is 16.5. The molecule has 2 aromatic rings. The topological polar surface area (TPSA) is 66.8 Å². The molecule has 102 valence electrons. The van der Waals surface area contributed by atoms with Crippen molar-refractivity contribution < 1.29 is 19.6 Å². The number of benzene rings is 2. The average Bonchev–Trinajstić information content (AvgIpc) is 2.45. The molecule has 2 rings (SSSR count). The van der Waals surface area contributed by atoms with E-state index in [0.717, 1.165) is 5.56 Å². The van der Waals surface area contributed by atoms with Crippen molar-refractivity contribution in [1.29, 1.82) is 0 Å². The minimum Gasteiger partial charge on any atom is -0.489 e.